The maximum absolute atomic E-state index is 3.71. The van der Waals surface area contributed by atoms with Gasteiger partial charge in [-0.15, -0.1) is 22.7 Å². The first-order chi connectivity index (χ1) is 30.0. The van der Waals surface area contributed by atoms with Gasteiger partial charge in [0.05, 0.1) is 11.0 Å². The summed E-state index contributed by atoms with van der Waals surface area (Å²) in [5, 5.41) is 10.6. The van der Waals surface area contributed by atoms with Crippen LogP contribution in [0.15, 0.2) is 213 Å². The Kier molecular flexibility index (Phi) is 9.92. The van der Waals surface area contributed by atoms with Crippen molar-refractivity contribution in [3.05, 3.63) is 213 Å². The molecule has 0 saturated carbocycles. The monoisotopic (exact) mass is 817 g/mol. The van der Waals surface area contributed by atoms with Gasteiger partial charge in [-0.25, -0.2) is 0 Å². The fourth-order valence-electron chi connectivity index (χ4n) is 8.93. The number of nitrogens with zero attached hydrogens (tertiary/aromatic N) is 1. The molecule has 0 saturated heterocycles. The zero-order valence-corrected chi connectivity index (χ0v) is 35.9. The van der Waals surface area contributed by atoms with Crippen molar-refractivity contribution in [2.24, 2.45) is 0 Å². The highest BCUT2D eigenvalue weighted by Gasteiger charge is 2.26. The van der Waals surface area contributed by atoms with Crippen LogP contribution in [0.3, 0.4) is 0 Å². The van der Waals surface area contributed by atoms with Crippen LogP contribution >= 0.6 is 22.7 Å². The summed E-state index contributed by atoms with van der Waals surface area (Å²) in [5.41, 5.74) is 12.6. The van der Waals surface area contributed by atoms with Gasteiger partial charge in [-0.1, -0.05) is 153 Å². The predicted molar refractivity (Wildman–Crippen MR) is 273 cm³/mol. The van der Waals surface area contributed by atoms with E-state index < -0.39 is 0 Å². The molecule has 0 amide bonds. The van der Waals surface area contributed by atoms with Crippen LogP contribution in [0.1, 0.15) is 13.8 Å². The highest BCUT2D eigenvalue weighted by Crippen LogP contribution is 2.51. The van der Waals surface area contributed by atoms with Crippen LogP contribution in [-0.4, -0.2) is 4.57 Å². The average Bonchev–Trinajstić information content (AvgIpc) is 4.05. The third-order valence-electron chi connectivity index (χ3n) is 11.6. The average molecular weight is 818 g/mol. The number of aromatic nitrogens is 1. The van der Waals surface area contributed by atoms with Crippen molar-refractivity contribution >= 4 is 95.6 Å². The highest BCUT2D eigenvalue weighted by molar-refractivity contribution is 7.26. The van der Waals surface area contributed by atoms with Crippen molar-refractivity contribution in [2.45, 2.75) is 13.8 Å². The topological polar surface area (TPSA) is 4.93 Å². The molecule has 0 unspecified atom stereocenters. The fraction of sp³-hybridized carbons (Fsp3) is 0.0345. The molecule has 1 nitrogen and oxygen atoms in total. The van der Waals surface area contributed by atoms with Crippen LogP contribution in [0.2, 0.25) is 0 Å². The van der Waals surface area contributed by atoms with Crippen molar-refractivity contribution in [1.82, 2.24) is 4.57 Å². The van der Waals surface area contributed by atoms with E-state index in [0.717, 1.165) is 5.57 Å². The van der Waals surface area contributed by atoms with E-state index in [1.165, 1.54) is 112 Å². The van der Waals surface area contributed by atoms with Gasteiger partial charge < -0.3 is 4.57 Å². The Morgan fingerprint density at radius 3 is 1.70 bits per heavy atom. The first-order valence-corrected chi connectivity index (χ1v) is 22.3. The third-order valence-corrected chi connectivity index (χ3v) is 13.9. The summed E-state index contributed by atoms with van der Waals surface area (Å²) in [7, 11) is 0. The minimum atomic E-state index is 1.09. The van der Waals surface area contributed by atoms with E-state index in [1.807, 2.05) is 60.8 Å². The summed E-state index contributed by atoms with van der Waals surface area (Å²) >= 11 is 3.75. The molecule has 0 bridgehead atoms. The first kappa shape index (κ1) is 38.2. The van der Waals surface area contributed by atoms with Gasteiger partial charge in [0.25, 0.3) is 0 Å². The van der Waals surface area contributed by atoms with Gasteiger partial charge in [-0.3, -0.25) is 0 Å². The van der Waals surface area contributed by atoms with Gasteiger partial charge in [0, 0.05) is 56.8 Å². The van der Waals surface area contributed by atoms with Crippen LogP contribution in [0.4, 0.5) is 0 Å². The summed E-state index contributed by atoms with van der Waals surface area (Å²) in [6.45, 7) is 14.4. The second-order valence-corrected chi connectivity index (χ2v) is 17.6. The highest BCUT2D eigenvalue weighted by atomic mass is 32.1. The number of allylic oxidation sites excluding steroid dienone is 7. The second-order valence-electron chi connectivity index (χ2n) is 15.4. The van der Waals surface area contributed by atoms with Crippen LogP contribution in [0.25, 0.3) is 112 Å². The zero-order valence-electron chi connectivity index (χ0n) is 34.3. The van der Waals surface area contributed by atoms with Crippen LogP contribution in [0, 0.1) is 0 Å². The molecule has 0 atom stereocenters. The SMILES string of the molecule is C=C(C)/C=C\C=C/C.C=CC=C.c1ccc2c(c1)-c1cccc3c1c-2cc1c3c2cc(-c3ccc4sc5ccccc5c4c3)ccc2n1-c1ccc2sc3ccccc3c2c1. The van der Waals surface area contributed by atoms with Crippen molar-refractivity contribution < 1.29 is 0 Å². The van der Waals surface area contributed by atoms with Crippen molar-refractivity contribution in [1.29, 1.82) is 0 Å². The van der Waals surface area contributed by atoms with E-state index in [1.54, 1.807) is 12.2 Å². The lowest BCUT2D eigenvalue weighted by Gasteiger charge is -2.11. The Labute approximate surface area is 364 Å². The minimum Gasteiger partial charge on any atom is -0.309 e. The van der Waals surface area contributed by atoms with Crippen LogP contribution in [0.5, 0.6) is 0 Å². The molecule has 0 fully saturated rings. The van der Waals surface area contributed by atoms with E-state index in [4.69, 9.17) is 0 Å². The number of hydrogen-bond donors (Lipinski definition) is 0. The number of rotatable bonds is 5. The first-order valence-electron chi connectivity index (χ1n) is 20.6. The number of thiophene rings is 2. The van der Waals surface area contributed by atoms with Gasteiger partial charge in [0.2, 0.25) is 0 Å². The summed E-state index contributed by atoms with van der Waals surface area (Å²) in [6.07, 6.45) is 11.2. The van der Waals surface area contributed by atoms with Gasteiger partial charge in [-0.05, 0) is 119 Å². The van der Waals surface area contributed by atoms with E-state index in [-0.39, 0.29) is 0 Å². The van der Waals surface area contributed by atoms with Crippen molar-refractivity contribution in [3.8, 4) is 39.1 Å². The molecule has 3 aromatic heterocycles. The number of hydrogen-bond acceptors (Lipinski definition) is 2. The molecule has 8 aromatic carbocycles. The molecule has 1 aliphatic carbocycles. The van der Waals surface area contributed by atoms with Crippen molar-refractivity contribution in [3.63, 3.8) is 0 Å². The lowest BCUT2D eigenvalue weighted by molar-refractivity contribution is 1.19. The molecule has 292 valence electrons. The van der Waals surface area contributed by atoms with Gasteiger partial charge in [-0.2, -0.15) is 0 Å². The van der Waals surface area contributed by atoms with E-state index in [2.05, 4.69) is 176 Å². The van der Waals surface area contributed by atoms with E-state index in [9.17, 15) is 0 Å². The minimum absolute atomic E-state index is 1.09. The summed E-state index contributed by atoms with van der Waals surface area (Å²) in [4.78, 5) is 0. The quantitative estimate of drug-likeness (QED) is 0.153. The molecule has 0 N–H and O–H groups in total. The molecule has 1 aliphatic rings. The molecule has 0 aliphatic heterocycles. The van der Waals surface area contributed by atoms with Crippen LogP contribution in [-0.2, 0) is 0 Å². The second kappa shape index (κ2) is 15.9. The largest absolute Gasteiger partial charge is 0.309 e. The third kappa shape index (κ3) is 6.55. The molecule has 3 heteroatoms. The normalized spacial score (nSPS) is 11.8. The zero-order chi connectivity index (χ0) is 41.6. The molecule has 11 aromatic rings. The lowest BCUT2D eigenvalue weighted by atomic mass is 9.96. The standard InChI is InChI=1S/C46H25NS2.C8H12.C4H6/c1-2-9-30-29(8-1)33-12-7-13-34-45(33)37(30)25-40-46(34)38-23-26(27-17-20-43-35(22-27)31-10-3-5-14-41(31)48-43)16-19-39(38)47(40)28-18-21-44-36(24-28)32-11-4-6-15-42(32)49-44;1-4-5-6-7-8(2)3;1-3-4-2/h1-25H;4-7H,2H2,1,3H3;3-4H,1-2H2/b;5-4-,7-6-;. The molecular formula is C58H43NS2. The van der Waals surface area contributed by atoms with Gasteiger partial charge >= 0.3 is 0 Å². The molecule has 12 rings (SSSR count). The summed E-state index contributed by atoms with van der Waals surface area (Å²) < 4.78 is 7.85. The Morgan fingerprint density at radius 2 is 1.03 bits per heavy atom. The number of benzene rings is 8. The van der Waals surface area contributed by atoms with Gasteiger partial charge in [0.1, 0.15) is 0 Å². The summed E-state index contributed by atoms with van der Waals surface area (Å²) in [5.74, 6) is 0. The smallest absolute Gasteiger partial charge is 0.0553 e. The molecular weight excluding hydrogens is 775 g/mol. The lowest BCUT2D eigenvalue weighted by Crippen LogP contribution is -1.94. The van der Waals surface area contributed by atoms with Crippen molar-refractivity contribution in [2.75, 3.05) is 0 Å². The van der Waals surface area contributed by atoms with Gasteiger partial charge in [0.15, 0.2) is 0 Å². The number of fused-ring (bicyclic) bond motifs is 13. The molecule has 3 heterocycles. The molecule has 61 heavy (non-hydrogen) atoms. The fourth-order valence-corrected chi connectivity index (χ4v) is 11.1. The maximum Gasteiger partial charge on any atom is 0.0553 e. The Bertz CT molecular complexity index is 3610. The van der Waals surface area contributed by atoms with Crippen LogP contribution < -0.4 is 0 Å². The predicted octanol–water partition coefficient (Wildman–Crippen LogP) is 18.0. The Hall–Kier alpha value is -7.04. The molecule has 0 radical (unpaired) electrons. The molecule has 0 spiro atoms. The summed E-state index contributed by atoms with van der Waals surface area (Å²) in [6, 6.07) is 57.0. The van der Waals surface area contributed by atoms with E-state index in [0.29, 0.717) is 0 Å². The Balaban J connectivity index is 0.000000330. The maximum atomic E-state index is 3.71. The Morgan fingerprint density at radius 1 is 0.475 bits per heavy atom. The van der Waals surface area contributed by atoms with E-state index >= 15 is 0 Å².